The number of hydrogen-bond donors (Lipinski definition) is 2. The highest BCUT2D eigenvalue weighted by Gasteiger charge is 2.55. The van der Waals surface area contributed by atoms with E-state index in [9.17, 15) is 10.0 Å². The highest BCUT2D eigenvalue weighted by Crippen LogP contribution is 2.52. The second kappa shape index (κ2) is 10.4. The maximum Gasteiger partial charge on any atom is 0.500 e. The van der Waals surface area contributed by atoms with Gasteiger partial charge in [-0.1, -0.05) is 38.5 Å². The average molecular weight is 443 g/mol. The molecule has 0 aromatic heterocycles. The van der Waals surface area contributed by atoms with Crippen LogP contribution in [0.15, 0.2) is 0 Å². The van der Waals surface area contributed by atoms with Crippen LogP contribution in [0.25, 0.3) is 0 Å². The third-order valence-corrected chi connectivity index (χ3v) is 10.8. The molecule has 0 bridgehead atoms. The fourth-order valence-electron chi connectivity index (χ4n) is 6.32. The topological polar surface area (TPSA) is 80.3 Å². The molecule has 2 aliphatic carbocycles. The van der Waals surface area contributed by atoms with Gasteiger partial charge in [-0.05, 0) is 44.9 Å². The van der Waals surface area contributed by atoms with Crippen molar-refractivity contribution in [3.63, 3.8) is 0 Å². The first kappa shape index (κ1) is 24.1. The van der Waals surface area contributed by atoms with Crippen LogP contribution < -0.4 is 5.32 Å². The summed E-state index contributed by atoms with van der Waals surface area (Å²) in [6.45, 7) is 0.600. The SMILES string of the molecule is CO[Si](CCCNC(=O)C1CC2(CCCCC2)N(O)C2(CCCCC2)C1)(OC)OC. The van der Waals surface area contributed by atoms with Crippen LogP contribution in [0.2, 0.25) is 6.04 Å². The van der Waals surface area contributed by atoms with Gasteiger partial charge < -0.3 is 23.8 Å². The number of hydroxylamine groups is 2. The van der Waals surface area contributed by atoms with Crippen LogP contribution in [0, 0.1) is 5.92 Å². The number of hydrogen-bond acceptors (Lipinski definition) is 6. The molecule has 0 radical (unpaired) electrons. The number of nitrogens with zero attached hydrogens (tertiary/aromatic N) is 1. The maximum atomic E-state index is 13.2. The van der Waals surface area contributed by atoms with Crippen molar-refractivity contribution in [2.45, 2.75) is 101 Å². The summed E-state index contributed by atoms with van der Waals surface area (Å²) in [5, 5.41) is 16.4. The number of rotatable bonds is 8. The largest absolute Gasteiger partial charge is 0.500 e. The molecule has 3 aliphatic rings. The normalized spacial score (nSPS) is 26.7. The summed E-state index contributed by atoms with van der Waals surface area (Å²) in [6.07, 6.45) is 13.5. The lowest BCUT2D eigenvalue weighted by Crippen LogP contribution is -2.66. The number of piperidine rings is 1. The minimum atomic E-state index is -2.59. The summed E-state index contributed by atoms with van der Waals surface area (Å²) in [7, 11) is 2.26. The van der Waals surface area contributed by atoms with E-state index in [4.69, 9.17) is 13.3 Å². The lowest BCUT2D eigenvalue weighted by Gasteiger charge is -2.59. The van der Waals surface area contributed by atoms with Crippen molar-refractivity contribution in [2.24, 2.45) is 5.92 Å². The lowest BCUT2D eigenvalue weighted by atomic mass is 9.63. The summed E-state index contributed by atoms with van der Waals surface area (Å²) in [6, 6.07) is 0.680. The fourth-order valence-corrected chi connectivity index (χ4v) is 8.04. The lowest BCUT2D eigenvalue weighted by molar-refractivity contribution is -0.284. The zero-order valence-corrected chi connectivity index (χ0v) is 20.2. The Bertz CT molecular complexity index is 523. The first-order valence-corrected chi connectivity index (χ1v) is 13.8. The van der Waals surface area contributed by atoms with Crippen molar-refractivity contribution in [3.05, 3.63) is 0 Å². The van der Waals surface area contributed by atoms with Crippen LogP contribution in [-0.2, 0) is 18.1 Å². The molecule has 2 saturated carbocycles. The second-order valence-electron chi connectivity index (χ2n) is 9.68. The minimum Gasteiger partial charge on any atom is -0.377 e. The van der Waals surface area contributed by atoms with Crippen molar-refractivity contribution >= 4 is 14.7 Å². The Labute approximate surface area is 183 Å². The van der Waals surface area contributed by atoms with Gasteiger partial charge >= 0.3 is 8.80 Å². The second-order valence-corrected chi connectivity index (χ2v) is 12.8. The molecule has 8 heteroatoms. The van der Waals surface area contributed by atoms with Crippen molar-refractivity contribution in [1.29, 1.82) is 0 Å². The van der Waals surface area contributed by atoms with E-state index in [1.54, 1.807) is 26.4 Å². The van der Waals surface area contributed by atoms with Gasteiger partial charge in [-0.25, -0.2) is 0 Å². The molecule has 7 nitrogen and oxygen atoms in total. The van der Waals surface area contributed by atoms with E-state index in [0.717, 1.165) is 70.6 Å². The Morgan fingerprint density at radius 1 is 0.933 bits per heavy atom. The predicted molar refractivity (Wildman–Crippen MR) is 117 cm³/mol. The van der Waals surface area contributed by atoms with Crippen LogP contribution >= 0.6 is 0 Å². The van der Waals surface area contributed by atoms with Gasteiger partial charge in [0, 0.05) is 50.9 Å². The third-order valence-electron chi connectivity index (χ3n) is 7.98. The Kier molecular flexibility index (Phi) is 8.37. The van der Waals surface area contributed by atoms with E-state index in [1.807, 2.05) is 0 Å². The van der Waals surface area contributed by atoms with Crippen molar-refractivity contribution < 1.29 is 23.3 Å². The maximum absolute atomic E-state index is 13.2. The smallest absolute Gasteiger partial charge is 0.377 e. The molecule has 2 spiro atoms. The Hall–Kier alpha value is -0.513. The van der Waals surface area contributed by atoms with Gasteiger partial charge in [0.15, 0.2) is 0 Å². The van der Waals surface area contributed by atoms with Crippen LogP contribution in [-0.4, -0.2) is 63.9 Å². The molecule has 174 valence electrons. The number of carbonyl (C=O) groups is 1. The summed E-state index contributed by atoms with van der Waals surface area (Å²) in [5.41, 5.74) is -0.417. The Balaban J connectivity index is 1.63. The van der Waals surface area contributed by atoms with E-state index in [-0.39, 0.29) is 22.9 Å². The van der Waals surface area contributed by atoms with Gasteiger partial charge in [0.05, 0.1) is 0 Å². The van der Waals surface area contributed by atoms with Gasteiger partial charge in [-0.2, -0.15) is 5.06 Å². The van der Waals surface area contributed by atoms with Gasteiger partial charge in [-0.3, -0.25) is 4.79 Å². The van der Waals surface area contributed by atoms with Gasteiger partial charge in [-0.15, -0.1) is 0 Å². The first-order valence-electron chi connectivity index (χ1n) is 11.9. The van der Waals surface area contributed by atoms with E-state index >= 15 is 0 Å². The Morgan fingerprint density at radius 2 is 1.40 bits per heavy atom. The molecule has 2 N–H and O–H groups in total. The van der Waals surface area contributed by atoms with E-state index in [2.05, 4.69) is 5.32 Å². The first-order chi connectivity index (χ1) is 14.4. The van der Waals surface area contributed by atoms with Gasteiger partial charge in [0.2, 0.25) is 5.91 Å². The van der Waals surface area contributed by atoms with Gasteiger partial charge in [0.1, 0.15) is 0 Å². The summed E-state index contributed by atoms with van der Waals surface area (Å²) < 4.78 is 16.4. The van der Waals surface area contributed by atoms with Crippen LogP contribution in [0.4, 0.5) is 0 Å². The van der Waals surface area contributed by atoms with Crippen molar-refractivity contribution in [2.75, 3.05) is 27.9 Å². The summed E-state index contributed by atoms with van der Waals surface area (Å²) >= 11 is 0. The highest BCUT2D eigenvalue weighted by atomic mass is 28.4. The van der Waals surface area contributed by atoms with Gasteiger partial charge in [0.25, 0.3) is 0 Å². The quantitative estimate of drug-likeness (QED) is 0.439. The van der Waals surface area contributed by atoms with Crippen molar-refractivity contribution in [3.8, 4) is 0 Å². The van der Waals surface area contributed by atoms with Crippen molar-refractivity contribution in [1.82, 2.24) is 10.4 Å². The molecule has 0 atom stereocenters. The average Bonchev–Trinajstić information content (AvgIpc) is 2.79. The molecule has 1 heterocycles. The highest BCUT2D eigenvalue weighted by molar-refractivity contribution is 6.60. The standard InChI is InChI=1S/C22H42N2O5Si/c1-27-30(28-2,29-3)16-10-15-23-20(25)19-17-21(11-6-4-7-12-21)24(26)22(18-19)13-8-5-9-14-22/h19,26H,4-18H2,1-3H3,(H,23,25). The van der Waals surface area contributed by atoms with Crippen LogP contribution in [0.3, 0.4) is 0 Å². The fraction of sp³-hybridized carbons (Fsp3) is 0.955. The molecule has 30 heavy (non-hydrogen) atoms. The van der Waals surface area contributed by atoms with E-state index in [1.165, 1.54) is 12.8 Å². The molecular formula is C22H42N2O5Si. The zero-order chi connectivity index (χ0) is 21.7. The summed E-state index contributed by atoms with van der Waals surface area (Å²) in [5.74, 6) is 0.136. The van der Waals surface area contributed by atoms with Crippen LogP contribution in [0.5, 0.6) is 0 Å². The van der Waals surface area contributed by atoms with E-state index in [0.29, 0.717) is 12.6 Å². The third kappa shape index (κ3) is 4.94. The zero-order valence-electron chi connectivity index (χ0n) is 19.2. The Morgan fingerprint density at radius 3 is 1.83 bits per heavy atom. The van der Waals surface area contributed by atoms with E-state index < -0.39 is 8.80 Å². The van der Waals surface area contributed by atoms with Crippen LogP contribution in [0.1, 0.15) is 83.5 Å². The minimum absolute atomic E-state index is 0.0149. The number of amides is 1. The number of nitrogens with one attached hydrogen (secondary N) is 1. The number of carbonyl (C=O) groups excluding carboxylic acids is 1. The molecule has 0 unspecified atom stereocenters. The molecule has 1 amide bonds. The molecular weight excluding hydrogens is 400 g/mol. The molecule has 3 rings (SSSR count). The molecule has 3 fully saturated rings. The predicted octanol–water partition coefficient (Wildman–Crippen LogP) is 3.88. The molecule has 1 aliphatic heterocycles. The summed E-state index contributed by atoms with van der Waals surface area (Å²) in [4.78, 5) is 13.2. The molecule has 1 saturated heterocycles. The monoisotopic (exact) mass is 442 g/mol. The molecule has 0 aromatic rings. The molecule has 0 aromatic carbocycles.